The van der Waals surface area contributed by atoms with Crippen molar-refractivity contribution >= 4 is 48.8 Å². The van der Waals surface area contributed by atoms with Gasteiger partial charge in [-0.05, 0) is 48.5 Å². The predicted molar refractivity (Wildman–Crippen MR) is 145 cm³/mol. The van der Waals surface area contributed by atoms with Crippen LogP contribution in [0.25, 0.3) is 0 Å². The summed E-state index contributed by atoms with van der Waals surface area (Å²) >= 11 is 0. The Hall–Kier alpha value is -3.08. The zero-order valence-electron chi connectivity index (χ0n) is 23.0. The van der Waals surface area contributed by atoms with E-state index < -0.39 is 35.8 Å². The zero-order chi connectivity index (χ0) is 30.7. The summed E-state index contributed by atoms with van der Waals surface area (Å²) in [6.45, 7) is 0. The minimum Gasteiger partial charge on any atom is -0.744 e. The molecule has 4 N–H and O–H groups in total. The van der Waals surface area contributed by atoms with E-state index in [1.165, 1.54) is 24.3 Å². The Morgan fingerprint density at radius 2 is 1.39 bits per heavy atom. The maximum Gasteiger partial charge on any atom is 1.00 e. The van der Waals surface area contributed by atoms with Crippen molar-refractivity contribution in [2.45, 2.75) is 22.6 Å². The van der Waals surface area contributed by atoms with Gasteiger partial charge in [0, 0.05) is 36.1 Å². The van der Waals surface area contributed by atoms with E-state index in [0.29, 0.717) is 0 Å². The van der Waals surface area contributed by atoms with Crippen molar-refractivity contribution in [2.75, 3.05) is 5.43 Å². The van der Waals surface area contributed by atoms with Crippen molar-refractivity contribution in [1.82, 2.24) is 0 Å². The molecule has 14 nitrogen and oxygen atoms in total. The molecule has 0 bridgehead atoms. The van der Waals surface area contributed by atoms with E-state index in [1.807, 2.05) is 0 Å². The molecule has 0 radical (unpaired) electrons. The summed E-state index contributed by atoms with van der Waals surface area (Å²) in [4.78, 5) is 9.77. The maximum absolute atomic E-state index is 11.9. The Morgan fingerprint density at radius 3 is 1.98 bits per heavy atom. The number of anilines is 1. The number of nitrogens with zero attached hydrogens (tertiary/aromatic N) is 3. The van der Waals surface area contributed by atoms with Crippen LogP contribution in [0.15, 0.2) is 91.6 Å². The topological polar surface area (TPSA) is 241 Å². The third kappa shape index (κ3) is 9.71. The van der Waals surface area contributed by atoms with Gasteiger partial charge in [-0.2, -0.15) is 10.2 Å². The summed E-state index contributed by atoms with van der Waals surface area (Å²) in [6, 6.07) is 10.1. The van der Waals surface area contributed by atoms with Gasteiger partial charge < -0.3 is 24.4 Å². The van der Waals surface area contributed by atoms with Crippen LogP contribution < -0.4 is 64.5 Å². The molecule has 1 aliphatic carbocycles. The quantitative estimate of drug-likeness (QED) is 0.0700. The van der Waals surface area contributed by atoms with E-state index in [0.717, 1.165) is 36.4 Å². The van der Waals surface area contributed by atoms with Crippen LogP contribution in [0.3, 0.4) is 0 Å². The van der Waals surface area contributed by atoms with Crippen LogP contribution >= 0.6 is 0 Å². The Morgan fingerprint density at radius 1 is 0.773 bits per heavy atom. The van der Waals surface area contributed by atoms with Gasteiger partial charge in [0.2, 0.25) is 0 Å². The second-order valence-corrected chi connectivity index (χ2v) is 11.3. The molecule has 0 aliphatic heterocycles. The average molecular weight is 657 g/mol. The number of carbonyl (C=O) groups excluding carboxylic acids is 1. The number of hydrazone groups is 1. The number of phenols is 2. The fourth-order valence-corrected chi connectivity index (χ4v) is 4.86. The van der Waals surface area contributed by atoms with Gasteiger partial charge >= 0.3 is 59.1 Å². The van der Waals surface area contributed by atoms with E-state index in [4.69, 9.17) is 0 Å². The second-order valence-electron chi connectivity index (χ2n) is 8.59. The van der Waals surface area contributed by atoms with E-state index in [2.05, 4.69) is 32.6 Å². The predicted octanol–water partition coefficient (Wildman–Crippen LogP) is -2.70. The number of carbonyl (C=O) groups is 1. The van der Waals surface area contributed by atoms with Gasteiger partial charge in [0.15, 0.2) is 5.78 Å². The normalized spacial score (nSPS) is 14.2. The molecule has 0 amide bonds. The first-order chi connectivity index (χ1) is 19.7. The largest absolute Gasteiger partial charge is 1.00 e. The fourth-order valence-electron chi connectivity index (χ4n) is 3.55. The van der Waals surface area contributed by atoms with Gasteiger partial charge in [0.1, 0.15) is 48.9 Å². The smallest absolute Gasteiger partial charge is 0.744 e. The van der Waals surface area contributed by atoms with Crippen molar-refractivity contribution in [3.05, 3.63) is 77.6 Å². The molecule has 0 unspecified atom stereocenters. The van der Waals surface area contributed by atoms with Gasteiger partial charge in [-0.25, -0.2) is 16.8 Å². The number of aliphatic hydroxyl groups is 1. The summed E-state index contributed by atoms with van der Waals surface area (Å²) in [5.74, 6) is 3.51. The molecular formula is C26H18N4Na2O10S2. The van der Waals surface area contributed by atoms with E-state index in [-0.39, 0.29) is 123 Å². The number of ketones is 1. The van der Waals surface area contributed by atoms with E-state index in [1.54, 1.807) is 0 Å². The van der Waals surface area contributed by atoms with Gasteiger partial charge in [-0.1, -0.05) is 11.8 Å². The minimum atomic E-state index is -5.12. The molecule has 0 saturated heterocycles. The standard InChI is InChI=1S/C26H20N4O10S2.2Na/c31-19-7-9-21(23(33)13-19)29-27-17-5-3-15(25(11-17)41(35,36)37)1-2-16-4-6-18(12-26(16)42(38,39)40)28-30-22-10-8-20(32)14-24(22)34;;/h3-7,9,11-14,28,31,33-34H,8,10H2,(H,35,36,37)(H,38,39,40);;/q;2*+1/p-2/b29-27?,30-22-;;. The fraction of sp³-hybridized carbons (Fsp3) is 0.0769. The number of aromatic hydroxyl groups is 2. The summed E-state index contributed by atoms with van der Waals surface area (Å²) < 4.78 is 71.6. The van der Waals surface area contributed by atoms with Gasteiger partial charge in [0.05, 0.1) is 21.2 Å². The van der Waals surface area contributed by atoms with E-state index in [9.17, 15) is 46.1 Å². The Kier molecular flexibility index (Phi) is 12.9. The number of rotatable bonds is 6. The number of nitrogens with one attached hydrogen (secondary N) is 1. The summed E-state index contributed by atoms with van der Waals surface area (Å²) in [5, 5.41) is 40.4. The molecular weight excluding hydrogens is 638 g/mol. The minimum absolute atomic E-state index is 0. The molecule has 0 heterocycles. The Bertz CT molecular complexity index is 1980. The number of benzene rings is 3. The number of hydrogen-bond acceptors (Lipinski definition) is 14. The van der Waals surface area contributed by atoms with Crippen molar-refractivity contribution in [2.24, 2.45) is 15.3 Å². The molecule has 0 aromatic heterocycles. The van der Waals surface area contributed by atoms with E-state index >= 15 is 0 Å². The third-order valence-electron chi connectivity index (χ3n) is 5.57. The molecule has 216 valence electrons. The molecule has 1 aliphatic rings. The second kappa shape index (κ2) is 15.3. The van der Waals surface area contributed by atoms with Crippen LogP contribution in [0, 0.1) is 11.8 Å². The summed E-state index contributed by atoms with van der Waals surface area (Å²) in [5.41, 5.74) is 1.87. The maximum atomic E-state index is 11.9. The number of aliphatic hydroxyl groups excluding tert-OH is 1. The molecule has 44 heavy (non-hydrogen) atoms. The molecule has 0 fully saturated rings. The monoisotopic (exact) mass is 656 g/mol. The van der Waals surface area contributed by atoms with Crippen LogP contribution in [0.4, 0.5) is 17.1 Å². The summed E-state index contributed by atoms with van der Waals surface area (Å²) in [7, 11) is -10.2. The number of phenolic OH excluding ortho intramolecular Hbond substituents is 2. The average Bonchev–Trinajstić information content (AvgIpc) is 2.90. The van der Waals surface area contributed by atoms with Crippen LogP contribution in [0.5, 0.6) is 11.5 Å². The third-order valence-corrected chi connectivity index (χ3v) is 7.32. The first kappa shape index (κ1) is 37.1. The molecule has 4 rings (SSSR count). The molecule has 0 atom stereocenters. The molecule has 3 aromatic rings. The summed E-state index contributed by atoms with van der Waals surface area (Å²) in [6.07, 6.45) is 1.25. The molecule has 18 heteroatoms. The molecule has 0 saturated carbocycles. The number of allylic oxidation sites excluding steroid dienone is 2. The molecule has 0 spiro atoms. The molecule has 3 aromatic carbocycles. The number of azo groups is 1. The SMILES string of the molecule is O=C1C=C(O)/C(=N\Nc2ccc(C#Cc3ccc(N=Nc4ccc(O)cc4O)cc3S(=O)(=O)[O-])c(S(=O)(=O)[O-])c2)CC1.[Na+].[Na+]. The van der Waals surface area contributed by atoms with Crippen LogP contribution in [-0.2, 0) is 25.0 Å². The van der Waals surface area contributed by atoms with Gasteiger partial charge in [-0.3, -0.25) is 10.2 Å². The van der Waals surface area contributed by atoms with Crippen molar-refractivity contribution in [1.29, 1.82) is 0 Å². The first-order valence-electron chi connectivity index (χ1n) is 11.6. The van der Waals surface area contributed by atoms with Crippen LogP contribution in [-0.4, -0.2) is 52.8 Å². The zero-order valence-corrected chi connectivity index (χ0v) is 28.7. The van der Waals surface area contributed by atoms with Crippen LogP contribution in [0.1, 0.15) is 24.0 Å². The van der Waals surface area contributed by atoms with Gasteiger partial charge in [-0.15, -0.1) is 5.11 Å². The van der Waals surface area contributed by atoms with Crippen molar-refractivity contribution in [3.63, 3.8) is 0 Å². The number of hydrogen-bond donors (Lipinski definition) is 4. The van der Waals surface area contributed by atoms with Crippen LogP contribution in [0.2, 0.25) is 0 Å². The Labute approximate surface area is 295 Å². The Balaban J connectivity index is 0.00000337. The van der Waals surface area contributed by atoms with Gasteiger partial charge in [0.25, 0.3) is 0 Å². The van der Waals surface area contributed by atoms with Crippen molar-refractivity contribution in [3.8, 4) is 23.3 Å². The van der Waals surface area contributed by atoms with Crippen molar-refractivity contribution < 1.29 is 105 Å². The first-order valence-corrected chi connectivity index (χ1v) is 14.4.